The first-order valence-electron chi connectivity index (χ1n) is 7.21. The van der Waals surface area contributed by atoms with E-state index in [1.165, 1.54) is 4.88 Å². The molecule has 6 heteroatoms. The summed E-state index contributed by atoms with van der Waals surface area (Å²) in [5.74, 6) is 0.0557. The Morgan fingerprint density at radius 1 is 1.65 bits per heavy atom. The first-order chi connectivity index (χ1) is 9.65. The van der Waals surface area contributed by atoms with Crippen LogP contribution < -0.4 is 5.32 Å². The molecule has 1 atom stereocenters. The van der Waals surface area contributed by atoms with Crippen LogP contribution in [-0.2, 0) is 11.2 Å². The van der Waals surface area contributed by atoms with Crippen molar-refractivity contribution in [3.63, 3.8) is 0 Å². The second kappa shape index (κ2) is 7.71. The average molecular weight is 297 g/mol. The predicted octanol–water partition coefficient (Wildman–Crippen LogP) is 0.957. The fourth-order valence-corrected chi connectivity index (χ4v) is 3.30. The van der Waals surface area contributed by atoms with Crippen LogP contribution >= 0.6 is 11.3 Å². The standard InChI is InChI=1S/C14H23N3O2S/c1-11-13(20-10-16-11)5-2-6-15-14(19)9-17-7-3-4-12(18)8-17/h10,12,18H,2-9H2,1H3,(H,15,19). The molecule has 0 aliphatic carbocycles. The van der Waals surface area contributed by atoms with Crippen molar-refractivity contribution >= 4 is 17.2 Å². The van der Waals surface area contributed by atoms with Gasteiger partial charge in [-0.3, -0.25) is 9.69 Å². The van der Waals surface area contributed by atoms with E-state index in [9.17, 15) is 9.90 Å². The first-order valence-corrected chi connectivity index (χ1v) is 8.09. The Kier molecular flexibility index (Phi) is 5.94. The van der Waals surface area contributed by atoms with Gasteiger partial charge in [-0.2, -0.15) is 0 Å². The Labute approximate surface area is 124 Å². The van der Waals surface area contributed by atoms with Gasteiger partial charge < -0.3 is 10.4 Å². The first kappa shape index (κ1) is 15.4. The third-order valence-electron chi connectivity index (χ3n) is 3.60. The lowest BCUT2D eigenvalue weighted by Gasteiger charge is -2.29. The molecule has 1 aromatic rings. The lowest BCUT2D eigenvalue weighted by Crippen LogP contribution is -2.44. The van der Waals surface area contributed by atoms with Crippen LogP contribution in [0, 0.1) is 6.92 Å². The summed E-state index contributed by atoms with van der Waals surface area (Å²) < 4.78 is 0. The van der Waals surface area contributed by atoms with Gasteiger partial charge in [0.1, 0.15) is 0 Å². The van der Waals surface area contributed by atoms with Gasteiger partial charge in [-0.05, 0) is 39.2 Å². The van der Waals surface area contributed by atoms with Crippen molar-refractivity contribution in [1.29, 1.82) is 0 Å². The number of hydrogen-bond donors (Lipinski definition) is 2. The van der Waals surface area contributed by atoms with Crippen LogP contribution in [0.2, 0.25) is 0 Å². The number of piperidine rings is 1. The van der Waals surface area contributed by atoms with E-state index >= 15 is 0 Å². The topological polar surface area (TPSA) is 65.5 Å². The second-order valence-corrected chi connectivity index (χ2v) is 6.28. The number of rotatable bonds is 6. The maximum atomic E-state index is 11.8. The third kappa shape index (κ3) is 4.85. The number of hydrogen-bond acceptors (Lipinski definition) is 5. The minimum absolute atomic E-state index is 0.0557. The monoisotopic (exact) mass is 297 g/mol. The van der Waals surface area contributed by atoms with E-state index in [4.69, 9.17) is 0 Å². The summed E-state index contributed by atoms with van der Waals surface area (Å²) in [4.78, 5) is 19.3. The molecule has 0 aromatic carbocycles. The van der Waals surface area contributed by atoms with Crippen LogP contribution in [0.3, 0.4) is 0 Å². The van der Waals surface area contributed by atoms with Crippen molar-refractivity contribution in [1.82, 2.24) is 15.2 Å². The Balaban J connectivity index is 1.59. The molecule has 20 heavy (non-hydrogen) atoms. The van der Waals surface area contributed by atoms with Gasteiger partial charge in [-0.25, -0.2) is 4.98 Å². The molecule has 2 rings (SSSR count). The van der Waals surface area contributed by atoms with E-state index < -0.39 is 0 Å². The highest BCUT2D eigenvalue weighted by atomic mass is 32.1. The van der Waals surface area contributed by atoms with Crippen LogP contribution in [-0.4, -0.2) is 53.2 Å². The van der Waals surface area contributed by atoms with Gasteiger partial charge in [0.05, 0.1) is 23.9 Å². The van der Waals surface area contributed by atoms with E-state index in [1.54, 1.807) is 11.3 Å². The minimum atomic E-state index is -0.272. The molecule has 112 valence electrons. The quantitative estimate of drug-likeness (QED) is 0.768. The van der Waals surface area contributed by atoms with Crippen LogP contribution in [0.5, 0.6) is 0 Å². The smallest absolute Gasteiger partial charge is 0.234 e. The maximum absolute atomic E-state index is 11.8. The highest BCUT2D eigenvalue weighted by Crippen LogP contribution is 2.13. The van der Waals surface area contributed by atoms with Gasteiger partial charge in [-0.15, -0.1) is 11.3 Å². The van der Waals surface area contributed by atoms with Crippen LogP contribution in [0.25, 0.3) is 0 Å². The van der Waals surface area contributed by atoms with Gasteiger partial charge >= 0.3 is 0 Å². The minimum Gasteiger partial charge on any atom is -0.392 e. The maximum Gasteiger partial charge on any atom is 0.234 e. The number of nitrogens with one attached hydrogen (secondary N) is 1. The molecule has 0 bridgehead atoms. The molecular formula is C14H23N3O2S. The number of aliphatic hydroxyl groups is 1. The van der Waals surface area contributed by atoms with Gasteiger partial charge in [0.2, 0.25) is 5.91 Å². The zero-order chi connectivity index (χ0) is 14.4. The number of thiazole rings is 1. The number of carbonyl (C=O) groups excluding carboxylic acids is 1. The highest BCUT2D eigenvalue weighted by molar-refractivity contribution is 7.09. The molecule has 0 radical (unpaired) electrons. The number of β-amino-alcohol motifs (C(OH)–C–C–N with tert-alkyl or cyclic N) is 1. The molecule has 0 spiro atoms. The zero-order valence-corrected chi connectivity index (χ0v) is 12.8. The van der Waals surface area contributed by atoms with Crippen LogP contribution in [0.4, 0.5) is 0 Å². The summed E-state index contributed by atoms with van der Waals surface area (Å²) in [6.07, 6.45) is 3.47. The molecule has 2 N–H and O–H groups in total. The fourth-order valence-electron chi connectivity index (χ4n) is 2.48. The molecule has 1 fully saturated rings. The average Bonchev–Trinajstić information content (AvgIpc) is 2.80. The molecule has 1 aliphatic heterocycles. The Bertz CT molecular complexity index is 436. The number of aryl methyl sites for hydroxylation is 2. The number of aliphatic hydroxyl groups excluding tert-OH is 1. The molecule has 1 aromatic heterocycles. The Morgan fingerprint density at radius 2 is 2.50 bits per heavy atom. The number of carbonyl (C=O) groups is 1. The molecular weight excluding hydrogens is 274 g/mol. The largest absolute Gasteiger partial charge is 0.392 e. The second-order valence-electron chi connectivity index (χ2n) is 5.35. The molecule has 1 saturated heterocycles. The summed E-state index contributed by atoms with van der Waals surface area (Å²) in [5, 5.41) is 12.5. The van der Waals surface area contributed by atoms with Gasteiger partial charge in [0.25, 0.3) is 0 Å². The van der Waals surface area contributed by atoms with Gasteiger partial charge in [-0.1, -0.05) is 0 Å². The molecule has 5 nitrogen and oxygen atoms in total. The molecule has 1 unspecified atom stereocenters. The predicted molar refractivity (Wildman–Crippen MR) is 79.9 cm³/mol. The third-order valence-corrected chi connectivity index (χ3v) is 4.59. The van der Waals surface area contributed by atoms with E-state index in [0.717, 1.165) is 37.9 Å². The summed E-state index contributed by atoms with van der Waals surface area (Å²) >= 11 is 1.68. The van der Waals surface area contributed by atoms with Crippen molar-refractivity contribution in [3.05, 3.63) is 16.1 Å². The fraction of sp³-hybridized carbons (Fsp3) is 0.714. The highest BCUT2D eigenvalue weighted by Gasteiger charge is 2.19. The molecule has 2 heterocycles. The summed E-state index contributed by atoms with van der Waals surface area (Å²) in [6.45, 7) is 4.65. The SMILES string of the molecule is Cc1ncsc1CCCNC(=O)CN1CCCC(O)C1. The molecule has 1 aliphatic rings. The van der Waals surface area contributed by atoms with Crippen molar-refractivity contribution in [3.8, 4) is 0 Å². The van der Waals surface area contributed by atoms with Gasteiger partial charge in [0, 0.05) is 18.0 Å². The lowest BCUT2D eigenvalue weighted by molar-refractivity contribution is -0.122. The number of nitrogens with zero attached hydrogens (tertiary/aromatic N) is 2. The van der Waals surface area contributed by atoms with Crippen molar-refractivity contribution in [2.45, 2.75) is 38.7 Å². The number of aromatic nitrogens is 1. The summed E-state index contributed by atoms with van der Waals surface area (Å²) in [7, 11) is 0. The van der Waals surface area contributed by atoms with E-state index in [-0.39, 0.29) is 12.0 Å². The summed E-state index contributed by atoms with van der Waals surface area (Å²) in [6, 6.07) is 0. The van der Waals surface area contributed by atoms with Crippen molar-refractivity contribution in [2.75, 3.05) is 26.2 Å². The van der Waals surface area contributed by atoms with Gasteiger partial charge in [0.15, 0.2) is 0 Å². The Morgan fingerprint density at radius 3 is 3.20 bits per heavy atom. The molecule has 1 amide bonds. The van der Waals surface area contributed by atoms with Crippen molar-refractivity contribution < 1.29 is 9.90 Å². The lowest BCUT2D eigenvalue weighted by atomic mass is 10.1. The number of likely N-dealkylation sites (tertiary alicyclic amines) is 1. The molecule has 0 saturated carbocycles. The number of amides is 1. The van der Waals surface area contributed by atoms with Crippen LogP contribution in [0.15, 0.2) is 5.51 Å². The normalized spacial score (nSPS) is 20.0. The Hall–Kier alpha value is -0.980. The van der Waals surface area contributed by atoms with E-state index in [2.05, 4.69) is 10.3 Å². The van der Waals surface area contributed by atoms with E-state index in [1.807, 2.05) is 17.3 Å². The van der Waals surface area contributed by atoms with Crippen LogP contribution in [0.1, 0.15) is 29.8 Å². The summed E-state index contributed by atoms with van der Waals surface area (Å²) in [5.41, 5.74) is 2.97. The van der Waals surface area contributed by atoms with Crippen molar-refractivity contribution in [2.24, 2.45) is 0 Å². The van der Waals surface area contributed by atoms with E-state index in [0.29, 0.717) is 19.6 Å². The zero-order valence-electron chi connectivity index (χ0n) is 12.0.